The zero-order valence-electron chi connectivity index (χ0n) is 21.7. The number of rotatable bonds is 9. The van der Waals surface area contributed by atoms with Crippen molar-refractivity contribution >= 4 is 28.8 Å². The fourth-order valence-corrected chi connectivity index (χ4v) is 5.37. The number of hydrogen-bond donors (Lipinski definition) is 2. The molecule has 1 aromatic heterocycles. The van der Waals surface area contributed by atoms with Crippen molar-refractivity contribution in [2.75, 3.05) is 25.1 Å². The Morgan fingerprint density at radius 2 is 2.03 bits per heavy atom. The second kappa shape index (κ2) is 11.7. The molecule has 3 aromatic rings. The van der Waals surface area contributed by atoms with Gasteiger partial charge in [0.2, 0.25) is 11.8 Å². The van der Waals surface area contributed by atoms with Crippen molar-refractivity contribution in [3.8, 4) is 16.2 Å². The summed E-state index contributed by atoms with van der Waals surface area (Å²) in [5, 5.41) is 13.3. The predicted octanol–water partition coefficient (Wildman–Crippen LogP) is 3.62. The second-order valence-corrected chi connectivity index (χ2v) is 10.1. The Hall–Kier alpha value is -3.43. The van der Waals surface area contributed by atoms with Crippen LogP contribution >= 0.6 is 11.3 Å². The molecule has 0 unspecified atom stereocenters. The first-order chi connectivity index (χ1) is 17.8. The maximum absolute atomic E-state index is 13.4. The second-order valence-electron chi connectivity index (χ2n) is 9.29. The molecule has 1 fully saturated rings. The molecule has 37 heavy (non-hydrogen) atoms. The summed E-state index contributed by atoms with van der Waals surface area (Å²) in [7, 11) is 1.84. The molecule has 1 aliphatic heterocycles. The number of thiazole rings is 1. The van der Waals surface area contributed by atoms with Crippen LogP contribution in [0.15, 0.2) is 54.0 Å². The topological polar surface area (TPSA) is 95.0 Å². The van der Waals surface area contributed by atoms with Gasteiger partial charge in [0, 0.05) is 38.3 Å². The van der Waals surface area contributed by atoms with Gasteiger partial charge in [0.25, 0.3) is 0 Å². The number of carbonyl (C=O) groups excluding carboxylic acids is 2. The van der Waals surface area contributed by atoms with E-state index in [1.54, 1.807) is 11.3 Å². The molecular formula is C28H34N4O4S. The lowest BCUT2D eigenvalue weighted by Crippen LogP contribution is -2.52. The van der Waals surface area contributed by atoms with Crippen LogP contribution in [-0.4, -0.2) is 65.2 Å². The van der Waals surface area contributed by atoms with Crippen LogP contribution in [0.3, 0.4) is 0 Å². The van der Waals surface area contributed by atoms with Crippen LogP contribution in [0.25, 0.3) is 10.4 Å². The number of benzene rings is 2. The number of nitrogens with one attached hydrogen (secondary N) is 1. The van der Waals surface area contributed by atoms with Gasteiger partial charge in [-0.1, -0.05) is 30.3 Å². The standard InChI is InChI=1S/C28H34N4O4S/c1-5-36-24-8-6-7-22(13-24)31(4)19(3)28(35)32-16-23(33)14-25(32)27(34)29-15-20-9-11-21(12-10-20)26-18(2)30-17-37-26/h6-13,17,19,23,25,33H,5,14-16H2,1-4H3,(H,29,34)/t19-,23+,25-/m0/s1. The van der Waals surface area contributed by atoms with E-state index in [4.69, 9.17) is 4.74 Å². The number of β-amino-alcohol motifs (C(OH)–C–C–N with tert-alkyl or cyclic N) is 1. The number of hydrogen-bond acceptors (Lipinski definition) is 7. The van der Waals surface area contributed by atoms with Crippen molar-refractivity contribution in [3.63, 3.8) is 0 Å². The lowest BCUT2D eigenvalue weighted by Gasteiger charge is -2.32. The molecule has 2 N–H and O–H groups in total. The molecule has 2 aromatic carbocycles. The summed E-state index contributed by atoms with van der Waals surface area (Å²) in [5.74, 6) is 0.265. The molecule has 2 amide bonds. The number of amides is 2. The molecule has 3 atom stereocenters. The van der Waals surface area contributed by atoms with Crippen molar-refractivity contribution in [1.82, 2.24) is 15.2 Å². The smallest absolute Gasteiger partial charge is 0.245 e. The first-order valence-electron chi connectivity index (χ1n) is 12.5. The first kappa shape index (κ1) is 26.6. The van der Waals surface area contributed by atoms with E-state index in [0.717, 1.165) is 33.1 Å². The predicted molar refractivity (Wildman–Crippen MR) is 146 cm³/mol. The number of anilines is 1. The molecule has 1 saturated heterocycles. The third kappa shape index (κ3) is 6.11. The van der Waals surface area contributed by atoms with Gasteiger partial charge in [-0.05, 0) is 44.0 Å². The number of aromatic nitrogens is 1. The number of likely N-dealkylation sites (N-methyl/N-ethyl adjacent to an activating group) is 1. The molecule has 4 rings (SSSR count). The number of aryl methyl sites for hydroxylation is 1. The normalized spacial score (nSPS) is 17.9. The molecule has 196 valence electrons. The highest BCUT2D eigenvalue weighted by Gasteiger charge is 2.41. The molecule has 0 saturated carbocycles. The summed E-state index contributed by atoms with van der Waals surface area (Å²) in [6.45, 7) is 6.75. The Kier molecular flexibility index (Phi) is 8.45. The largest absolute Gasteiger partial charge is 0.494 e. The Bertz CT molecular complexity index is 1230. The fraction of sp³-hybridized carbons (Fsp3) is 0.393. The summed E-state index contributed by atoms with van der Waals surface area (Å²) in [5.41, 5.74) is 5.72. The van der Waals surface area contributed by atoms with Crippen molar-refractivity contribution in [3.05, 3.63) is 65.3 Å². The molecule has 0 spiro atoms. The summed E-state index contributed by atoms with van der Waals surface area (Å²) in [6, 6.07) is 14.3. The number of aliphatic hydroxyl groups is 1. The molecule has 0 aliphatic carbocycles. The minimum Gasteiger partial charge on any atom is -0.494 e. The Morgan fingerprint density at radius 3 is 2.70 bits per heavy atom. The van der Waals surface area contributed by atoms with Crippen LogP contribution in [0.5, 0.6) is 5.75 Å². The quantitative estimate of drug-likeness (QED) is 0.446. The molecule has 9 heteroatoms. The van der Waals surface area contributed by atoms with Crippen LogP contribution in [-0.2, 0) is 16.1 Å². The third-order valence-electron chi connectivity index (χ3n) is 6.77. The van der Waals surface area contributed by atoms with Crippen LogP contribution in [0.2, 0.25) is 0 Å². The zero-order valence-corrected chi connectivity index (χ0v) is 22.5. The average molecular weight is 523 g/mol. The van der Waals surface area contributed by atoms with Gasteiger partial charge in [-0.3, -0.25) is 9.59 Å². The number of nitrogens with zero attached hydrogens (tertiary/aromatic N) is 3. The Balaban J connectivity index is 1.39. The van der Waals surface area contributed by atoms with E-state index < -0.39 is 18.2 Å². The number of aliphatic hydroxyl groups excluding tert-OH is 1. The molecule has 2 heterocycles. The highest BCUT2D eigenvalue weighted by Crippen LogP contribution is 2.28. The van der Waals surface area contributed by atoms with Crippen LogP contribution in [0.4, 0.5) is 5.69 Å². The van der Waals surface area contributed by atoms with Crippen LogP contribution in [0.1, 0.15) is 31.5 Å². The summed E-state index contributed by atoms with van der Waals surface area (Å²) in [4.78, 5) is 35.3. The summed E-state index contributed by atoms with van der Waals surface area (Å²) >= 11 is 1.60. The molecule has 0 bridgehead atoms. The van der Waals surface area contributed by atoms with Gasteiger partial charge in [0.1, 0.15) is 17.8 Å². The van der Waals surface area contributed by atoms with Gasteiger partial charge in [-0.15, -0.1) is 11.3 Å². The molecule has 8 nitrogen and oxygen atoms in total. The molecular weight excluding hydrogens is 488 g/mol. The van der Waals surface area contributed by atoms with Crippen molar-refractivity contribution < 1.29 is 19.4 Å². The van der Waals surface area contributed by atoms with Crippen molar-refractivity contribution in [2.45, 2.75) is 51.9 Å². The summed E-state index contributed by atoms with van der Waals surface area (Å²) < 4.78 is 5.58. The van der Waals surface area contributed by atoms with E-state index in [9.17, 15) is 14.7 Å². The lowest BCUT2D eigenvalue weighted by atomic mass is 10.1. The van der Waals surface area contributed by atoms with E-state index >= 15 is 0 Å². The number of ether oxygens (including phenoxy) is 1. The van der Waals surface area contributed by atoms with Crippen molar-refractivity contribution in [2.24, 2.45) is 0 Å². The highest BCUT2D eigenvalue weighted by atomic mass is 32.1. The van der Waals surface area contributed by atoms with Gasteiger partial charge in [-0.25, -0.2) is 4.98 Å². The third-order valence-corrected chi connectivity index (χ3v) is 7.74. The molecule has 0 radical (unpaired) electrons. The maximum atomic E-state index is 13.4. The van der Waals surface area contributed by atoms with E-state index in [-0.39, 0.29) is 24.8 Å². The van der Waals surface area contributed by atoms with Gasteiger partial charge >= 0.3 is 0 Å². The minimum absolute atomic E-state index is 0.136. The van der Waals surface area contributed by atoms with E-state index in [0.29, 0.717) is 13.2 Å². The molecule has 1 aliphatic rings. The average Bonchev–Trinajstić information content (AvgIpc) is 3.52. The highest BCUT2D eigenvalue weighted by molar-refractivity contribution is 7.13. The van der Waals surface area contributed by atoms with Crippen LogP contribution < -0.4 is 15.0 Å². The van der Waals surface area contributed by atoms with E-state index in [1.165, 1.54) is 4.90 Å². The zero-order chi connectivity index (χ0) is 26.5. The van der Waals surface area contributed by atoms with E-state index in [2.05, 4.69) is 10.3 Å². The minimum atomic E-state index is -0.736. The first-order valence-corrected chi connectivity index (χ1v) is 13.4. The van der Waals surface area contributed by atoms with Gasteiger partial charge in [-0.2, -0.15) is 0 Å². The number of likely N-dealkylation sites (tertiary alicyclic amines) is 1. The van der Waals surface area contributed by atoms with Gasteiger partial charge < -0.3 is 25.0 Å². The fourth-order valence-electron chi connectivity index (χ4n) is 4.55. The Morgan fingerprint density at radius 1 is 1.27 bits per heavy atom. The van der Waals surface area contributed by atoms with Gasteiger partial charge in [0.15, 0.2) is 0 Å². The van der Waals surface area contributed by atoms with E-state index in [1.807, 2.05) is 86.8 Å². The van der Waals surface area contributed by atoms with Gasteiger partial charge in [0.05, 0.1) is 28.8 Å². The SMILES string of the molecule is CCOc1cccc(N(C)[C@@H](C)C(=O)N2C[C@H](O)C[C@H]2C(=O)NCc2ccc(-c3scnc3C)cc2)c1. The number of carbonyl (C=O) groups is 2. The Labute approximate surface area is 221 Å². The lowest BCUT2D eigenvalue weighted by molar-refractivity contribution is -0.139. The van der Waals surface area contributed by atoms with Crippen molar-refractivity contribution in [1.29, 1.82) is 0 Å². The van der Waals surface area contributed by atoms with Crippen LogP contribution in [0, 0.1) is 6.92 Å². The maximum Gasteiger partial charge on any atom is 0.245 e. The monoisotopic (exact) mass is 522 g/mol. The summed E-state index contributed by atoms with van der Waals surface area (Å²) in [6.07, 6.45) is -0.516.